The van der Waals surface area contributed by atoms with Crippen molar-refractivity contribution < 1.29 is 22.2 Å². The lowest BCUT2D eigenvalue weighted by Crippen LogP contribution is -2.51. The van der Waals surface area contributed by atoms with Crippen molar-refractivity contribution in [2.24, 2.45) is 5.73 Å². The molecule has 0 heterocycles. The molecule has 24 heavy (non-hydrogen) atoms. The number of carbonyl (C=O) groups is 1. The molecule has 0 aromatic heterocycles. The quantitative estimate of drug-likeness (QED) is 0.281. The first-order valence-corrected chi connectivity index (χ1v) is 10.5. The van der Waals surface area contributed by atoms with Crippen molar-refractivity contribution in [2.45, 2.75) is 59.3 Å². The summed E-state index contributed by atoms with van der Waals surface area (Å²) in [6.07, 6.45) is 7.39. The molecule has 0 rings (SSSR count). The zero-order valence-corrected chi connectivity index (χ0v) is 16.3. The number of quaternary nitrogens is 1. The summed E-state index contributed by atoms with van der Waals surface area (Å²) in [5.41, 5.74) is 5.83. The molecule has 0 atom stereocenters. The Kier molecular flexibility index (Phi) is 11.2. The third kappa shape index (κ3) is 10.8. The van der Waals surface area contributed by atoms with Crippen LogP contribution in [0, 0.1) is 0 Å². The maximum Gasteiger partial charge on any atom is 0.265 e. The van der Waals surface area contributed by atoms with Crippen LogP contribution in [0.4, 0.5) is 0 Å². The predicted octanol–water partition coefficient (Wildman–Crippen LogP) is 2.50. The molecule has 3 N–H and O–H groups in total. The summed E-state index contributed by atoms with van der Waals surface area (Å²) in [6, 6.07) is 0. The smallest absolute Gasteiger partial charge is 0.265 e. The van der Waals surface area contributed by atoms with Crippen molar-refractivity contribution in [3.8, 4) is 0 Å². The fourth-order valence-electron chi connectivity index (χ4n) is 2.90. The lowest BCUT2D eigenvalue weighted by Gasteiger charge is -2.39. The third-order valence-corrected chi connectivity index (χ3v) is 5.25. The number of nitrogens with two attached hydrogens (primary N) is 1. The molecule has 0 unspecified atom stereocenters. The molecule has 0 bridgehead atoms. The van der Waals surface area contributed by atoms with Crippen molar-refractivity contribution in [2.75, 3.05) is 31.9 Å². The maximum atomic E-state index is 11.1. The van der Waals surface area contributed by atoms with Crippen LogP contribution in [0.15, 0.2) is 11.6 Å². The van der Waals surface area contributed by atoms with E-state index < -0.39 is 16.0 Å². The molecule has 0 aliphatic rings. The minimum absolute atomic E-state index is 0.193. The van der Waals surface area contributed by atoms with Crippen LogP contribution in [-0.4, -0.2) is 55.3 Å². The number of hydrogen-bond donors (Lipinski definition) is 2. The number of hydrogen-bond acceptors (Lipinski definition) is 3. The Hall–Kier alpha value is -0.920. The number of unbranched alkanes of at least 4 members (excludes halogenated alkanes) is 2. The van der Waals surface area contributed by atoms with Crippen LogP contribution in [0.1, 0.15) is 59.3 Å². The van der Waals surface area contributed by atoms with Crippen LogP contribution >= 0.6 is 0 Å². The second kappa shape index (κ2) is 11.6. The second-order valence-corrected chi connectivity index (χ2v) is 8.19. The number of rotatable bonds is 14. The highest BCUT2D eigenvalue weighted by Gasteiger charge is 2.26. The minimum Gasteiger partial charge on any atom is -0.366 e. The highest BCUT2D eigenvalue weighted by Crippen LogP contribution is 2.16. The molecular weight excluding hydrogens is 328 g/mol. The van der Waals surface area contributed by atoms with E-state index in [2.05, 4.69) is 13.8 Å². The number of primary amides is 1. The van der Waals surface area contributed by atoms with Crippen molar-refractivity contribution >= 4 is 16.0 Å². The second-order valence-electron chi connectivity index (χ2n) is 6.62. The summed E-state index contributed by atoms with van der Waals surface area (Å²) in [7, 11) is -3.92. The first-order chi connectivity index (χ1) is 11.2. The van der Waals surface area contributed by atoms with E-state index in [0.29, 0.717) is 12.0 Å². The Balaban J connectivity index is 5.01. The van der Waals surface area contributed by atoms with Crippen LogP contribution in [0.25, 0.3) is 0 Å². The molecule has 0 radical (unpaired) electrons. The number of carbonyl (C=O) groups excluding carboxylic acids is 1. The highest BCUT2D eigenvalue weighted by atomic mass is 32.2. The van der Waals surface area contributed by atoms with Gasteiger partial charge in [-0.15, -0.1) is 0 Å². The summed E-state index contributed by atoms with van der Waals surface area (Å²) in [4.78, 5) is 11.1. The zero-order chi connectivity index (χ0) is 18.6. The average molecular weight is 364 g/mol. The average Bonchev–Trinajstić information content (AvgIpc) is 2.49. The van der Waals surface area contributed by atoms with Gasteiger partial charge in [0.05, 0.1) is 31.9 Å². The predicted molar refractivity (Wildman–Crippen MR) is 98.1 cm³/mol. The van der Waals surface area contributed by atoms with Crippen molar-refractivity contribution in [1.29, 1.82) is 0 Å². The fourth-order valence-corrected chi connectivity index (χ4v) is 3.39. The number of nitrogens with zero attached hydrogens (tertiary/aromatic N) is 1. The van der Waals surface area contributed by atoms with Gasteiger partial charge in [-0.1, -0.05) is 32.8 Å². The molecule has 0 saturated carbocycles. The lowest BCUT2D eigenvalue weighted by atomic mass is 10.1. The van der Waals surface area contributed by atoms with Crippen LogP contribution < -0.4 is 5.73 Å². The van der Waals surface area contributed by atoms with Gasteiger partial charge in [0.2, 0.25) is 5.91 Å². The van der Waals surface area contributed by atoms with Gasteiger partial charge in [0, 0.05) is 18.4 Å². The van der Waals surface area contributed by atoms with Crippen LogP contribution in [0.3, 0.4) is 0 Å². The molecule has 142 valence electrons. The summed E-state index contributed by atoms with van der Waals surface area (Å²) in [5, 5.41) is 0. The molecule has 6 nitrogen and oxygen atoms in total. The monoisotopic (exact) mass is 363 g/mol. The standard InChI is InChI=1S/C17H34N2O4S/c1-4-6-11-19(12-7-5-2,14-9-15-24(21,22)23)13-8-10-16(3)17(18)20/h10H,4-9,11-15H2,1-3H3,(H2-,18,20,21,22,23)/p+1. The van der Waals surface area contributed by atoms with Gasteiger partial charge in [-0.2, -0.15) is 8.42 Å². The van der Waals surface area contributed by atoms with E-state index >= 15 is 0 Å². The molecule has 0 spiro atoms. The van der Waals surface area contributed by atoms with E-state index in [1.807, 2.05) is 6.08 Å². The molecule has 7 heteroatoms. The molecule has 0 fully saturated rings. The Morgan fingerprint density at radius 2 is 1.54 bits per heavy atom. The van der Waals surface area contributed by atoms with E-state index in [0.717, 1.165) is 62.8 Å². The molecule has 0 aliphatic heterocycles. The van der Waals surface area contributed by atoms with Gasteiger partial charge in [0.1, 0.15) is 0 Å². The highest BCUT2D eigenvalue weighted by molar-refractivity contribution is 7.85. The summed E-state index contributed by atoms with van der Waals surface area (Å²) in [6.45, 7) is 9.57. The Morgan fingerprint density at radius 3 is 1.96 bits per heavy atom. The minimum atomic E-state index is -3.92. The van der Waals surface area contributed by atoms with Gasteiger partial charge in [-0.05, 0) is 19.8 Å². The van der Waals surface area contributed by atoms with Crippen LogP contribution in [0.5, 0.6) is 0 Å². The number of amides is 1. The van der Waals surface area contributed by atoms with Crippen LogP contribution in [0.2, 0.25) is 0 Å². The van der Waals surface area contributed by atoms with E-state index in [9.17, 15) is 13.2 Å². The van der Waals surface area contributed by atoms with Crippen LogP contribution in [-0.2, 0) is 14.9 Å². The maximum absolute atomic E-state index is 11.1. The van der Waals surface area contributed by atoms with Crippen molar-refractivity contribution in [1.82, 2.24) is 0 Å². The Morgan fingerprint density at radius 1 is 1.04 bits per heavy atom. The van der Waals surface area contributed by atoms with Crippen molar-refractivity contribution in [3.05, 3.63) is 11.6 Å². The molecule has 0 aromatic carbocycles. The van der Waals surface area contributed by atoms with E-state index in [-0.39, 0.29) is 5.75 Å². The lowest BCUT2D eigenvalue weighted by molar-refractivity contribution is -0.928. The molecule has 0 aromatic rings. The van der Waals surface area contributed by atoms with E-state index in [1.54, 1.807) is 6.92 Å². The molecule has 0 aliphatic carbocycles. The zero-order valence-electron chi connectivity index (χ0n) is 15.5. The van der Waals surface area contributed by atoms with Gasteiger partial charge in [0.25, 0.3) is 10.1 Å². The van der Waals surface area contributed by atoms with Gasteiger partial charge >= 0.3 is 0 Å². The summed E-state index contributed by atoms with van der Waals surface area (Å²) < 4.78 is 31.8. The third-order valence-electron chi connectivity index (χ3n) is 4.45. The normalized spacial score (nSPS) is 13.2. The fraction of sp³-hybridized carbons (Fsp3) is 0.824. The van der Waals surface area contributed by atoms with Gasteiger partial charge in [-0.3, -0.25) is 9.35 Å². The van der Waals surface area contributed by atoms with Gasteiger partial charge in [0.15, 0.2) is 0 Å². The van der Waals surface area contributed by atoms with E-state index in [1.165, 1.54) is 0 Å². The SMILES string of the molecule is CCCC[N+](CCC=C(C)C(N)=O)(CCCC)CCCS(=O)(=O)O. The van der Waals surface area contributed by atoms with E-state index in [4.69, 9.17) is 10.3 Å². The Labute approximate surface area is 147 Å². The first kappa shape index (κ1) is 23.1. The van der Waals surface area contributed by atoms with Crippen molar-refractivity contribution in [3.63, 3.8) is 0 Å². The summed E-state index contributed by atoms with van der Waals surface area (Å²) >= 11 is 0. The van der Waals surface area contributed by atoms with Gasteiger partial charge in [-0.25, -0.2) is 0 Å². The first-order valence-electron chi connectivity index (χ1n) is 8.92. The molecular formula is C17H35N2O4S+. The molecule has 1 amide bonds. The topological polar surface area (TPSA) is 97.5 Å². The largest absolute Gasteiger partial charge is 0.366 e. The summed E-state index contributed by atoms with van der Waals surface area (Å²) in [5.74, 6) is -0.594. The Bertz CT molecular complexity index is 493. The molecule has 0 saturated heterocycles. The van der Waals surface area contributed by atoms with Gasteiger partial charge < -0.3 is 10.2 Å².